The molecule has 7 heteroatoms. The Morgan fingerprint density at radius 3 is 2.56 bits per heavy atom. The van der Waals surface area contributed by atoms with E-state index in [1.54, 1.807) is 0 Å². The molecular weight excluding hydrogens is 404 g/mol. The Morgan fingerprint density at radius 2 is 1.81 bits per heavy atom. The number of pyridine rings is 1. The molecule has 0 atom stereocenters. The third kappa shape index (κ3) is 6.45. The number of aryl methyl sites for hydroxylation is 1. The van der Waals surface area contributed by atoms with Gasteiger partial charge in [-0.3, -0.25) is 14.7 Å². The molecule has 0 aliphatic carbocycles. The van der Waals surface area contributed by atoms with Crippen molar-refractivity contribution in [1.82, 2.24) is 9.88 Å². The summed E-state index contributed by atoms with van der Waals surface area (Å²) in [6.07, 6.45) is 2.33. The molecule has 4 rings (SSSR count). The molecule has 2 aliphatic rings. The number of hydrogen-bond acceptors (Lipinski definition) is 7. The molecule has 0 N–H and O–H groups in total. The van der Waals surface area contributed by atoms with Crippen LogP contribution < -0.4 is 4.90 Å². The molecule has 1 aromatic carbocycles. The second kappa shape index (κ2) is 11.3. The lowest BCUT2D eigenvalue weighted by Gasteiger charge is -2.29. The van der Waals surface area contributed by atoms with Gasteiger partial charge in [-0.1, -0.05) is 29.8 Å². The molecule has 2 aromatic rings. The number of carbonyl (C=O) groups excluding carboxylic acids is 1. The molecule has 0 amide bonds. The number of aliphatic imine (C=N–C) groups is 1. The van der Waals surface area contributed by atoms with Crippen LogP contribution in [0.2, 0.25) is 0 Å². The van der Waals surface area contributed by atoms with Gasteiger partial charge in [0.1, 0.15) is 5.69 Å². The van der Waals surface area contributed by atoms with Crippen molar-refractivity contribution in [2.75, 3.05) is 64.1 Å². The number of aromatic nitrogens is 1. The van der Waals surface area contributed by atoms with Crippen LogP contribution in [0.1, 0.15) is 33.7 Å². The summed E-state index contributed by atoms with van der Waals surface area (Å²) >= 11 is 0. The summed E-state index contributed by atoms with van der Waals surface area (Å²) in [5.41, 5.74) is 4.64. The van der Waals surface area contributed by atoms with E-state index in [9.17, 15) is 4.79 Å². The highest BCUT2D eigenvalue weighted by atomic mass is 16.5. The van der Waals surface area contributed by atoms with Crippen molar-refractivity contribution in [3.05, 3.63) is 58.9 Å². The van der Waals surface area contributed by atoms with Gasteiger partial charge in [-0.15, -0.1) is 0 Å². The summed E-state index contributed by atoms with van der Waals surface area (Å²) < 4.78 is 10.9. The van der Waals surface area contributed by atoms with E-state index in [-0.39, 0.29) is 5.78 Å². The molecule has 3 heterocycles. The van der Waals surface area contributed by atoms with Gasteiger partial charge in [-0.25, -0.2) is 4.98 Å². The van der Waals surface area contributed by atoms with Gasteiger partial charge in [0.15, 0.2) is 5.78 Å². The minimum atomic E-state index is 0.0792. The summed E-state index contributed by atoms with van der Waals surface area (Å²) in [6.45, 7) is 9.52. The maximum atomic E-state index is 13.0. The zero-order valence-corrected chi connectivity index (χ0v) is 18.8. The van der Waals surface area contributed by atoms with E-state index >= 15 is 0 Å². The van der Waals surface area contributed by atoms with Gasteiger partial charge in [0.05, 0.1) is 38.7 Å². The van der Waals surface area contributed by atoms with Crippen molar-refractivity contribution in [3.63, 3.8) is 0 Å². The minimum Gasteiger partial charge on any atom is -0.379 e. The van der Waals surface area contributed by atoms with Crippen LogP contribution in [0.4, 0.5) is 5.69 Å². The van der Waals surface area contributed by atoms with Crippen molar-refractivity contribution in [2.24, 2.45) is 4.99 Å². The molecule has 0 saturated carbocycles. The predicted molar refractivity (Wildman–Crippen MR) is 126 cm³/mol. The summed E-state index contributed by atoms with van der Waals surface area (Å²) in [4.78, 5) is 26.8. The summed E-state index contributed by atoms with van der Waals surface area (Å²) in [5.74, 6) is 0.0792. The highest BCUT2D eigenvalue weighted by Gasteiger charge is 2.18. The largest absolute Gasteiger partial charge is 0.379 e. The molecule has 170 valence electrons. The average molecular weight is 437 g/mol. The van der Waals surface area contributed by atoms with E-state index in [1.165, 1.54) is 5.56 Å². The Morgan fingerprint density at radius 1 is 1.06 bits per heavy atom. The molecule has 0 spiro atoms. The molecule has 1 aromatic heterocycles. The number of rotatable bonds is 8. The molecule has 32 heavy (non-hydrogen) atoms. The van der Waals surface area contributed by atoms with Gasteiger partial charge in [-0.2, -0.15) is 0 Å². The molecule has 7 nitrogen and oxygen atoms in total. The van der Waals surface area contributed by atoms with Crippen LogP contribution in [0.5, 0.6) is 0 Å². The number of ketones is 1. The first-order valence-electron chi connectivity index (χ1n) is 11.4. The normalized spacial score (nSPS) is 17.7. The first kappa shape index (κ1) is 22.6. The summed E-state index contributed by atoms with van der Waals surface area (Å²) in [7, 11) is 0. The maximum absolute atomic E-state index is 13.0. The number of Topliss-reactive ketones (excluding diaryl/α,β-unsaturated/α-hetero) is 1. The van der Waals surface area contributed by atoms with Gasteiger partial charge in [0.2, 0.25) is 0 Å². The predicted octanol–water partition coefficient (Wildman–Crippen LogP) is 2.75. The van der Waals surface area contributed by atoms with E-state index in [2.05, 4.69) is 44.9 Å². The second-order valence-electron chi connectivity index (χ2n) is 8.31. The van der Waals surface area contributed by atoms with Crippen molar-refractivity contribution < 1.29 is 14.3 Å². The number of ether oxygens (including phenoxy) is 2. The molecule has 2 fully saturated rings. The van der Waals surface area contributed by atoms with Crippen LogP contribution in [0.15, 0.2) is 41.4 Å². The van der Waals surface area contributed by atoms with Crippen molar-refractivity contribution in [2.45, 2.75) is 19.9 Å². The lowest BCUT2D eigenvalue weighted by atomic mass is 10.1. The number of benzene rings is 1. The van der Waals surface area contributed by atoms with Crippen LogP contribution >= 0.6 is 0 Å². The van der Waals surface area contributed by atoms with Crippen LogP contribution in [0.3, 0.4) is 0 Å². The Balaban J connectivity index is 1.48. The van der Waals surface area contributed by atoms with Gasteiger partial charge in [0.25, 0.3) is 0 Å². The number of hydrogen-bond donors (Lipinski definition) is 0. The number of nitrogens with zero attached hydrogens (tertiary/aromatic N) is 4. The molecule has 0 bridgehead atoms. The van der Waals surface area contributed by atoms with Gasteiger partial charge in [-0.05, 0) is 24.6 Å². The maximum Gasteiger partial charge on any atom is 0.182 e. The smallest absolute Gasteiger partial charge is 0.182 e. The summed E-state index contributed by atoms with van der Waals surface area (Å²) in [5, 5.41) is 0. The average Bonchev–Trinajstić information content (AvgIpc) is 2.83. The molecule has 0 radical (unpaired) electrons. The van der Waals surface area contributed by atoms with E-state index in [1.807, 2.05) is 24.4 Å². The molecule has 2 aliphatic heterocycles. The third-order valence-corrected chi connectivity index (χ3v) is 5.82. The highest BCUT2D eigenvalue weighted by molar-refractivity contribution is 5.95. The standard InChI is InChI=1S/C25H32N4O3/c1-20-3-2-4-21(15-20)18-26-19-22-16-23(29-9-13-32-14-10-29)17-24(27-22)25(30)5-6-28-7-11-31-12-8-28/h2-4,15-18H,5-14,19H2,1H3. The quantitative estimate of drug-likeness (QED) is 0.468. The lowest BCUT2D eigenvalue weighted by molar-refractivity contribution is 0.0369. The minimum absolute atomic E-state index is 0.0792. The van der Waals surface area contributed by atoms with E-state index in [0.717, 1.165) is 62.9 Å². The fraction of sp³-hybridized carbons (Fsp3) is 0.480. The fourth-order valence-corrected chi connectivity index (χ4v) is 4.01. The fourth-order valence-electron chi connectivity index (χ4n) is 4.01. The Kier molecular flexibility index (Phi) is 7.98. The van der Waals surface area contributed by atoms with Gasteiger partial charge in [0, 0.05) is 51.0 Å². The Bertz CT molecular complexity index is 935. The van der Waals surface area contributed by atoms with E-state index < -0.39 is 0 Å². The second-order valence-corrected chi connectivity index (χ2v) is 8.31. The van der Waals surface area contributed by atoms with E-state index in [0.29, 0.717) is 31.9 Å². The molecule has 0 unspecified atom stereocenters. The van der Waals surface area contributed by atoms with Crippen molar-refractivity contribution >= 4 is 17.7 Å². The highest BCUT2D eigenvalue weighted by Crippen LogP contribution is 2.20. The third-order valence-electron chi connectivity index (χ3n) is 5.82. The van der Waals surface area contributed by atoms with Gasteiger partial charge >= 0.3 is 0 Å². The topological polar surface area (TPSA) is 67.3 Å². The molecule has 2 saturated heterocycles. The van der Waals surface area contributed by atoms with Crippen molar-refractivity contribution in [3.8, 4) is 0 Å². The lowest BCUT2D eigenvalue weighted by Crippen LogP contribution is -2.37. The first-order chi connectivity index (χ1) is 15.7. The summed E-state index contributed by atoms with van der Waals surface area (Å²) in [6, 6.07) is 12.2. The number of morpholine rings is 2. The van der Waals surface area contributed by atoms with Crippen molar-refractivity contribution in [1.29, 1.82) is 0 Å². The zero-order chi connectivity index (χ0) is 22.2. The van der Waals surface area contributed by atoms with Gasteiger partial charge < -0.3 is 14.4 Å². The number of carbonyl (C=O) groups is 1. The number of anilines is 1. The van der Waals surface area contributed by atoms with Crippen LogP contribution in [-0.2, 0) is 16.0 Å². The monoisotopic (exact) mass is 436 g/mol. The Hall–Kier alpha value is -2.61. The van der Waals surface area contributed by atoms with Crippen LogP contribution in [0, 0.1) is 6.92 Å². The first-order valence-corrected chi connectivity index (χ1v) is 11.4. The Labute approximate surface area is 190 Å². The zero-order valence-electron chi connectivity index (χ0n) is 18.8. The molecular formula is C25H32N4O3. The SMILES string of the molecule is Cc1cccc(C=NCc2cc(N3CCOCC3)cc(C(=O)CCN3CCOCC3)n2)c1. The van der Waals surface area contributed by atoms with E-state index in [4.69, 9.17) is 9.47 Å². The van der Waals surface area contributed by atoms with Crippen LogP contribution in [0.25, 0.3) is 0 Å². The van der Waals surface area contributed by atoms with Crippen LogP contribution in [-0.4, -0.2) is 81.0 Å².